The van der Waals surface area contributed by atoms with Crippen molar-refractivity contribution in [2.24, 2.45) is 0 Å². The molecule has 0 aliphatic carbocycles. The minimum atomic E-state index is -0.497. The lowest BCUT2D eigenvalue weighted by molar-refractivity contribution is -0.116. The fourth-order valence-corrected chi connectivity index (χ4v) is 2.56. The summed E-state index contributed by atoms with van der Waals surface area (Å²) in [7, 11) is 0. The number of hydrogen-bond donors (Lipinski definition) is 3. The van der Waals surface area contributed by atoms with Crippen LogP contribution < -0.4 is 16.1 Å². The molecule has 31 heavy (non-hydrogen) atoms. The summed E-state index contributed by atoms with van der Waals surface area (Å²) < 4.78 is 0. The Kier molecular flexibility index (Phi) is 9.76. The molecule has 0 unspecified atom stereocenters. The molecule has 0 fully saturated rings. The van der Waals surface area contributed by atoms with Gasteiger partial charge in [0, 0.05) is 25.4 Å². The van der Waals surface area contributed by atoms with Crippen molar-refractivity contribution in [1.82, 2.24) is 10.3 Å². The van der Waals surface area contributed by atoms with Crippen LogP contribution in [0.5, 0.6) is 0 Å². The van der Waals surface area contributed by atoms with Crippen molar-refractivity contribution in [3.63, 3.8) is 0 Å². The number of aromatic amines is 1. The van der Waals surface area contributed by atoms with Crippen LogP contribution in [0.4, 0.5) is 5.69 Å². The van der Waals surface area contributed by atoms with Crippen LogP contribution in [0.3, 0.4) is 0 Å². The van der Waals surface area contributed by atoms with Crippen molar-refractivity contribution >= 4 is 11.6 Å². The Morgan fingerprint density at radius 1 is 0.903 bits per heavy atom. The molecular formula is C24H23N5O2. The summed E-state index contributed by atoms with van der Waals surface area (Å²) in [5.41, 5.74) is 1.27. The lowest BCUT2D eigenvalue weighted by Crippen LogP contribution is -2.25. The molecule has 0 radical (unpaired) electrons. The predicted molar refractivity (Wildman–Crippen MR) is 119 cm³/mol. The van der Waals surface area contributed by atoms with Gasteiger partial charge in [-0.15, -0.1) is 0 Å². The number of carbonyl (C=O) groups is 1. The third-order valence-corrected chi connectivity index (χ3v) is 4.21. The van der Waals surface area contributed by atoms with Crippen LogP contribution in [-0.2, 0) is 11.2 Å². The van der Waals surface area contributed by atoms with Gasteiger partial charge in [0.2, 0.25) is 11.3 Å². The lowest BCUT2D eigenvalue weighted by atomic mass is 10.1. The lowest BCUT2D eigenvalue weighted by Gasteiger charge is -2.06. The van der Waals surface area contributed by atoms with Crippen LogP contribution in [0, 0.1) is 22.7 Å². The van der Waals surface area contributed by atoms with Gasteiger partial charge in [0.05, 0.1) is 11.6 Å². The molecule has 156 valence electrons. The number of benzene rings is 2. The van der Waals surface area contributed by atoms with Crippen LogP contribution in [0.25, 0.3) is 0 Å². The first kappa shape index (κ1) is 23.1. The van der Waals surface area contributed by atoms with E-state index in [4.69, 9.17) is 10.5 Å². The summed E-state index contributed by atoms with van der Waals surface area (Å²) in [4.78, 5) is 26.3. The van der Waals surface area contributed by atoms with E-state index in [1.165, 1.54) is 12.4 Å². The third-order valence-electron chi connectivity index (χ3n) is 4.21. The molecule has 1 aromatic heterocycles. The van der Waals surface area contributed by atoms with E-state index in [2.05, 4.69) is 21.7 Å². The fourth-order valence-electron chi connectivity index (χ4n) is 2.56. The molecule has 3 N–H and O–H groups in total. The average molecular weight is 413 g/mol. The molecule has 2 aromatic carbocycles. The fraction of sp³-hybridized carbons (Fsp3) is 0.167. The second kappa shape index (κ2) is 13.1. The number of aromatic nitrogens is 1. The quantitative estimate of drug-likeness (QED) is 0.514. The maximum absolute atomic E-state index is 11.9. The Morgan fingerprint density at radius 3 is 2.13 bits per heavy atom. The molecular weight excluding hydrogens is 390 g/mol. The highest BCUT2D eigenvalue weighted by Crippen LogP contribution is 2.03. The van der Waals surface area contributed by atoms with Gasteiger partial charge in [-0.2, -0.15) is 10.5 Å². The van der Waals surface area contributed by atoms with Gasteiger partial charge in [-0.25, -0.2) is 0 Å². The zero-order valence-electron chi connectivity index (χ0n) is 17.0. The monoisotopic (exact) mass is 413 g/mol. The molecule has 0 saturated heterocycles. The highest BCUT2D eigenvalue weighted by molar-refractivity contribution is 5.90. The number of pyridine rings is 1. The number of amides is 1. The van der Waals surface area contributed by atoms with E-state index in [1.807, 2.05) is 48.5 Å². The first-order valence-corrected chi connectivity index (χ1v) is 9.75. The predicted octanol–water partition coefficient (Wildman–Crippen LogP) is 2.97. The number of anilines is 1. The molecule has 7 heteroatoms. The zero-order chi connectivity index (χ0) is 22.3. The van der Waals surface area contributed by atoms with E-state index in [0.717, 1.165) is 12.0 Å². The Hall–Kier alpha value is -4.20. The summed E-state index contributed by atoms with van der Waals surface area (Å²) in [5.74, 6) is -0.300. The van der Waals surface area contributed by atoms with E-state index in [0.29, 0.717) is 18.7 Å². The van der Waals surface area contributed by atoms with Crippen molar-refractivity contribution in [2.45, 2.75) is 12.8 Å². The molecule has 0 atom stereocenters. The van der Waals surface area contributed by atoms with Crippen molar-refractivity contribution in [2.75, 3.05) is 18.4 Å². The Balaban J connectivity index is 0.000000488. The first-order valence-electron chi connectivity index (χ1n) is 9.75. The van der Waals surface area contributed by atoms with Crippen LogP contribution >= 0.6 is 0 Å². The number of nitrogens with zero attached hydrogens (tertiary/aromatic N) is 2. The number of H-pyrrole nitrogens is 1. The van der Waals surface area contributed by atoms with Gasteiger partial charge in [0.1, 0.15) is 17.3 Å². The molecule has 1 heterocycles. The van der Waals surface area contributed by atoms with E-state index in [9.17, 15) is 9.59 Å². The van der Waals surface area contributed by atoms with Crippen molar-refractivity contribution in [1.29, 1.82) is 10.5 Å². The maximum Gasteiger partial charge on any atom is 0.225 e. The van der Waals surface area contributed by atoms with Crippen LogP contribution in [0.1, 0.15) is 23.1 Å². The summed E-state index contributed by atoms with van der Waals surface area (Å²) in [6.45, 7) is 1.17. The van der Waals surface area contributed by atoms with Gasteiger partial charge in [-0.1, -0.05) is 48.5 Å². The highest BCUT2D eigenvalue weighted by Gasteiger charge is 2.08. The summed E-state index contributed by atoms with van der Waals surface area (Å²) in [5, 5.41) is 23.2. The Morgan fingerprint density at radius 2 is 1.55 bits per heavy atom. The van der Waals surface area contributed by atoms with Gasteiger partial charge in [-0.3, -0.25) is 9.59 Å². The first-order chi connectivity index (χ1) is 15.1. The number of nitriles is 2. The Bertz CT molecular complexity index is 1070. The zero-order valence-corrected chi connectivity index (χ0v) is 17.0. The van der Waals surface area contributed by atoms with Gasteiger partial charge in [0.15, 0.2) is 0 Å². The topological polar surface area (TPSA) is 122 Å². The van der Waals surface area contributed by atoms with Gasteiger partial charge in [-0.05, 0) is 30.7 Å². The molecule has 0 aliphatic rings. The molecule has 3 aromatic rings. The normalized spacial score (nSPS) is 9.48. The molecule has 1 amide bonds. The highest BCUT2D eigenvalue weighted by atomic mass is 16.2. The summed E-state index contributed by atoms with van der Waals surface area (Å²) in [6.07, 6.45) is 3.66. The average Bonchev–Trinajstić information content (AvgIpc) is 2.82. The molecule has 3 rings (SSSR count). The summed E-state index contributed by atoms with van der Waals surface area (Å²) in [6, 6.07) is 23.2. The smallest absolute Gasteiger partial charge is 0.225 e. The molecule has 0 aliphatic heterocycles. The van der Waals surface area contributed by atoms with Crippen LogP contribution in [0.15, 0.2) is 77.9 Å². The number of hydrogen-bond acceptors (Lipinski definition) is 5. The molecule has 0 spiro atoms. The van der Waals surface area contributed by atoms with Crippen molar-refractivity contribution < 1.29 is 4.79 Å². The number of carbonyl (C=O) groups excluding carboxylic acids is 1. The second-order valence-corrected chi connectivity index (χ2v) is 6.49. The van der Waals surface area contributed by atoms with Crippen LogP contribution in [0.2, 0.25) is 0 Å². The van der Waals surface area contributed by atoms with Gasteiger partial charge in [0.25, 0.3) is 0 Å². The third kappa shape index (κ3) is 8.36. The van der Waals surface area contributed by atoms with Crippen molar-refractivity contribution in [3.8, 4) is 12.1 Å². The molecule has 0 bridgehead atoms. The van der Waals surface area contributed by atoms with E-state index >= 15 is 0 Å². The number of rotatable bonds is 7. The molecule has 0 saturated carbocycles. The van der Waals surface area contributed by atoms with E-state index in [1.54, 1.807) is 18.2 Å². The molecule has 7 nitrogen and oxygen atoms in total. The SMILES string of the molecule is N#Cc1ccc(CCNCCC(=O)Nc2c[nH]cc(C#N)c2=O)cc1.c1ccccc1. The summed E-state index contributed by atoms with van der Waals surface area (Å²) >= 11 is 0. The minimum Gasteiger partial charge on any atom is -0.364 e. The van der Waals surface area contributed by atoms with Crippen molar-refractivity contribution in [3.05, 3.63) is 100.0 Å². The second-order valence-electron chi connectivity index (χ2n) is 6.49. The standard InChI is InChI=1S/C18H17N5O2.C6H6/c19-9-14-3-1-13(2-4-14)5-7-21-8-6-17(24)23-16-12-22-11-15(10-20)18(16)25;1-2-4-6-5-3-1/h1-4,11-12,21H,5-8H2,(H,22,25)(H,23,24);1-6H. The van der Waals surface area contributed by atoms with E-state index < -0.39 is 5.43 Å². The van der Waals surface area contributed by atoms with Gasteiger partial charge >= 0.3 is 0 Å². The Labute approximate surface area is 181 Å². The maximum atomic E-state index is 11.9. The van der Waals surface area contributed by atoms with Gasteiger partial charge < -0.3 is 15.6 Å². The largest absolute Gasteiger partial charge is 0.364 e. The minimum absolute atomic E-state index is 0.0432. The van der Waals surface area contributed by atoms with Crippen LogP contribution in [-0.4, -0.2) is 24.0 Å². The number of nitrogens with one attached hydrogen (secondary N) is 3. The van der Waals surface area contributed by atoms with E-state index in [-0.39, 0.29) is 23.6 Å².